The minimum Gasteiger partial charge on any atom is -0.497 e. The molecule has 44 heavy (non-hydrogen) atoms. The first-order valence-corrected chi connectivity index (χ1v) is 16.9. The molecule has 3 saturated carbocycles. The smallest absolute Gasteiger partial charge is 0.317 e. The predicted octanol–water partition coefficient (Wildman–Crippen LogP) is 6.30. The number of methoxy groups -OCH3 is 1. The van der Waals surface area contributed by atoms with Gasteiger partial charge in [-0.15, -0.1) is 0 Å². The van der Waals surface area contributed by atoms with E-state index in [4.69, 9.17) is 4.74 Å². The second kappa shape index (κ2) is 10.7. The molecular weight excluding hydrogens is 552 g/mol. The lowest BCUT2D eigenvalue weighted by Crippen LogP contribution is -2.67. The fraction of sp³-hybridized carbons (Fsp3) is 0.676. The molecule has 0 heterocycles. The number of hydrogen-bond donors (Lipinski definition) is 3. The first-order chi connectivity index (χ1) is 20.8. The van der Waals surface area contributed by atoms with Crippen molar-refractivity contribution in [1.82, 2.24) is 10.2 Å². The standard InChI is InChI=1S/C37H52N2O5/c1-7-20-39(32(42)38-24(2)3)23-36(43)17-14-30-34(36,5)16-13-29-33(4)15-12-26(40)21-35(33)18-19-37(29,30)28(22-35)31(41)25-8-10-27(44-6)11-9-25/h8-11,18-19,22,24,26,29-30,40,43H,7,12-17,20-21,23H2,1-6H3,(H,38,42). The topological polar surface area (TPSA) is 99.1 Å². The lowest BCUT2D eigenvalue weighted by Gasteiger charge is -2.71. The Balaban J connectivity index is 1.45. The maximum absolute atomic E-state index is 14.7. The molecule has 7 heteroatoms. The molecule has 0 aliphatic heterocycles. The van der Waals surface area contributed by atoms with E-state index in [1.54, 1.807) is 7.11 Å². The minimum atomic E-state index is -1.07. The molecule has 0 radical (unpaired) electrons. The van der Waals surface area contributed by atoms with E-state index >= 15 is 0 Å². The molecular formula is C37H52N2O5. The zero-order chi connectivity index (χ0) is 31.7. The van der Waals surface area contributed by atoms with Crippen LogP contribution in [-0.2, 0) is 0 Å². The van der Waals surface area contributed by atoms with Crippen LogP contribution in [0.25, 0.3) is 0 Å². The average Bonchev–Trinajstić information content (AvgIpc) is 3.26. The molecule has 0 saturated heterocycles. The quantitative estimate of drug-likeness (QED) is 0.239. The Bertz CT molecular complexity index is 1370. The predicted molar refractivity (Wildman–Crippen MR) is 171 cm³/mol. The van der Waals surface area contributed by atoms with E-state index in [0.717, 1.165) is 44.1 Å². The van der Waals surface area contributed by atoms with Gasteiger partial charge in [0.25, 0.3) is 0 Å². The van der Waals surface area contributed by atoms with Gasteiger partial charge >= 0.3 is 6.03 Å². The maximum atomic E-state index is 14.7. The molecule has 8 atom stereocenters. The van der Waals surface area contributed by atoms with Crippen molar-refractivity contribution in [2.24, 2.45) is 33.5 Å². The van der Waals surface area contributed by atoms with Crippen LogP contribution in [0.4, 0.5) is 4.79 Å². The average molecular weight is 605 g/mol. The minimum absolute atomic E-state index is 0.0130. The van der Waals surface area contributed by atoms with Crippen molar-refractivity contribution < 1.29 is 24.5 Å². The Kier molecular flexibility index (Phi) is 7.64. The summed E-state index contributed by atoms with van der Waals surface area (Å²) in [5.74, 6) is 1.02. The number of allylic oxidation sites excluding steroid dienone is 4. The number of carbonyl (C=O) groups excluding carboxylic acids is 2. The zero-order valence-electron chi connectivity index (χ0n) is 27.5. The molecule has 240 valence electrons. The molecule has 1 aromatic rings. The summed E-state index contributed by atoms with van der Waals surface area (Å²) in [6, 6.07) is 7.29. The number of Topliss-reactive ketones (excluding diaryl/α,β-unsaturated/α-hetero) is 1. The van der Waals surface area contributed by atoms with Gasteiger partial charge < -0.3 is 25.2 Å². The Morgan fingerprint density at radius 3 is 2.34 bits per heavy atom. The lowest BCUT2D eigenvalue weighted by atomic mass is 9.32. The third-order valence-corrected chi connectivity index (χ3v) is 13.0. The number of amides is 2. The number of ether oxygens (including phenoxy) is 1. The lowest BCUT2D eigenvalue weighted by molar-refractivity contribution is -0.174. The molecule has 2 bridgehead atoms. The summed E-state index contributed by atoms with van der Waals surface area (Å²) in [6.45, 7) is 11.5. The fourth-order valence-electron chi connectivity index (χ4n) is 10.7. The highest BCUT2D eigenvalue weighted by molar-refractivity contribution is 6.10. The van der Waals surface area contributed by atoms with Gasteiger partial charge in [-0.1, -0.05) is 39.0 Å². The SMILES string of the molecule is CCCN(CC1(O)CCC2C34C=CC5(C=C3C(=O)c3ccc(OC)cc3)CC(O)CCC5(C)C4CCC21C)C(=O)NC(C)C. The summed E-state index contributed by atoms with van der Waals surface area (Å²) < 4.78 is 5.38. The number of hydrogen-bond acceptors (Lipinski definition) is 5. The van der Waals surface area contributed by atoms with Crippen molar-refractivity contribution in [2.75, 3.05) is 20.2 Å². The van der Waals surface area contributed by atoms with E-state index < -0.39 is 16.4 Å². The van der Waals surface area contributed by atoms with Gasteiger partial charge in [-0.3, -0.25) is 4.79 Å². The number of aliphatic hydroxyl groups excluding tert-OH is 1. The summed E-state index contributed by atoms with van der Waals surface area (Å²) in [6.07, 6.45) is 12.8. The van der Waals surface area contributed by atoms with E-state index in [2.05, 4.69) is 44.3 Å². The molecule has 6 aliphatic rings. The maximum Gasteiger partial charge on any atom is 0.317 e. The van der Waals surface area contributed by atoms with Crippen molar-refractivity contribution in [3.8, 4) is 5.75 Å². The third-order valence-electron chi connectivity index (χ3n) is 13.0. The first-order valence-electron chi connectivity index (χ1n) is 16.9. The molecule has 6 aliphatic carbocycles. The highest BCUT2D eigenvalue weighted by atomic mass is 16.5. The number of aliphatic hydroxyl groups is 2. The van der Waals surface area contributed by atoms with Crippen LogP contribution in [0.3, 0.4) is 0 Å². The number of fused-ring (bicyclic) bond motifs is 1. The van der Waals surface area contributed by atoms with Crippen molar-refractivity contribution >= 4 is 11.8 Å². The third kappa shape index (κ3) is 4.28. The monoisotopic (exact) mass is 604 g/mol. The van der Waals surface area contributed by atoms with Gasteiger partial charge in [-0.2, -0.15) is 0 Å². The van der Waals surface area contributed by atoms with Gasteiger partial charge in [-0.05, 0) is 107 Å². The van der Waals surface area contributed by atoms with E-state index in [-0.39, 0.29) is 53.2 Å². The highest BCUT2D eigenvalue weighted by Crippen LogP contribution is 2.78. The Labute approximate surface area is 263 Å². The van der Waals surface area contributed by atoms with E-state index in [9.17, 15) is 19.8 Å². The largest absolute Gasteiger partial charge is 0.497 e. The van der Waals surface area contributed by atoms with Crippen molar-refractivity contribution in [3.63, 3.8) is 0 Å². The normalized spacial score (nSPS) is 40.1. The van der Waals surface area contributed by atoms with Crippen LogP contribution in [0.5, 0.6) is 5.75 Å². The van der Waals surface area contributed by atoms with Crippen LogP contribution in [0, 0.1) is 33.5 Å². The number of nitrogens with zero attached hydrogens (tertiary/aromatic N) is 1. The summed E-state index contributed by atoms with van der Waals surface area (Å²) >= 11 is 0. The van der Waals surface area contributed by atoms with Crippen molar-refractivity contribution in [2.45, 2.75) is 104 Å². The second-order valence-electron chi connectivity index (χ2n) is 15.4. The number of ketones is 1. The summed E-state index contributed by atoms with van der Waals surface area (Å²) in [4.78, 5) is 29.8. The summed E-state index contributed by atoms with van der Waals surface area (Å²) in [5.41, 5.74) is -1.06. The van der Waals surface area contributed by atoms with Gasteiger partial charge in [0.15, 0.2) is 5.78 Å². The van der Waals surface area contributed by atoms with Crippen LogP contribution in [-0.4, -0.2) is 64.9 Å². The molecule has 8 unspecified atom stereocenters. The van der Waals surface area contributed by atoms with Crippen LogP contribution in [0.2, 0.25) is 0 Å². The number of rotatable bonds is 8. The molecule has 3 N–H and O–H groups in total. The molecule has 3 fully saturated rings. The fourth-order valence-corrected chi connectivity index (χ4v) is 10.7. The van der Waals surface area contributed by atoms with Gasteiger partial charge in [-0.25, -0.2) is 4.79 Å². The van der Waals surface area contributed by atoms with Crippen LogP contribution < -0.4 is 10.1 Å². The van der Waals surface area contributed by atoms with Crippen LogP contribution >= 0.6 is 0 Å². The molecule has 7 nitrogen and oxygen atoms in total. The number of nitrogens with one attached hydrogen (secondary N) is 1. The molecule has 0 aromatic heterocycles. The van der Waals surface area contributed by atoms with Crippen LogP contribution in [0.1, 0.15) is 96.3 Å². The Morgan fingerprint density at radius 2 is 1.68 bits per heavy atom. The van der Waals surface area contributed by atoms with E-state index in [1.165, 1.54) is 0 Å². The summed E-state index contributed by atoms with van der Waals surface area (Å²) in [7, 11) is 1.63. The number of carbonyl (C=O) groups is 2. The molecule has 2 spiro atoms. The van der Waals surface area contributed by atoms with Gasteiger partial charge in [0, 0.05) is 40.0 Å². The van der Waals surface area contributed by atoms with Gasteiger partial charge in [0.05, 0.1) is 25.4 Å². The first kappa shape index (κ1) is 31.3. The number of urea groups is 1. The van der Waals surface area contributed by atoms with Crippen molar-refractivity contribution in [1.29, 1.82) is 0 Å². The van der Waals surface area contributed by atoms with E-state index in [0.29, 0.717) is 30.7 Å². The Hall–Kier alpha value is -2.64. The Morgan fingerprint density at radius 1 is 1.02 bits per heavy atom. The molecule has 2 amide bonds. The second-order valence-corrected chi connectivity index (χ2v) is 15.4. The highest BCUT2D eigenvalue weighted by Gasteiger charge is 2.74. The zero-order valence-corrected chi connectivity index (χ0v) is 27.5. The molecule has 1 aromatic carbocycles. The molecule has 7 rings (SSSR count). The van der Waals surface area contributed by atoms with E-state index in [1.807, 2.05) is 43.0 Å². The van der Waals surface area contributed by atoms with Crippen LogP contribution in [0.15, 0.2) is 48.1 Å². The number of benzene rings is 1. The van der Waals surface area contributed by atoms with Gasteiger partial charge in [0.2, 0.25) is 0 Å². The summed E-state index contributed by atoms with van der Waals surface area (Å²) in [5, 5.41) is 26.6. The van der Waals surface area contributed by atoms with Crippen molar-refractivity contribution in [3.05, 3.63) is 53.6 Å². The van der Waals surface area contributed by atoms with Gasteiger partial charge in [0.1, 0.15) is 5.75 Å².